The second kappa shape index (κ2) is 9.94. The van der Waals surface area contributed by atoms with Crippen LogP contribution in [-0.2, 0) is 10.2 Å². The Bertz CT molecular complexity index is 1120. The third-order valence-corrected chi connectivity index (χ3v) is 7.54. The van der Waals surface area contributed by atoms with Gasteiger partial charge in [-0.1, -0.05) is 47.5 Å². The van der Waals surface area contributed by atoms with Crippen LogP contribution in [0.25, 0.3) is 0 Å². The van der Waals surface area contributed by atoms with Gasteiger partial charge in [0.2, 0.25) is 5.91 Å². The Balaban J connectivity index is 1.72. The van der Waals surface area contributed by atoms with Gasteiger partial charge in [0, 0.05) is 26.6 Å². The summed E-state index contributed by atoms with van der Waals surface area (Å²) in [6.45, 7) is 3.76. The number of piperidine rings is 1. The molecule has 2 unspecified atom stereocenters. The number of halogens is 2. The van der Waals surface area contributed by atoms with Crippen molar-refractivity contribution in [3.05, 3.63) is 69.5 Å². The summed E-state index contributed by atoms with van der Waals surface area (Å²) in [5.74, 6) is 0.201. The summed E-state index contributed by atoms with van der Waals surface area (Å²) >= 11 is 12.7. The quantitative estimate of drug-likeness (QED) is 0.604. The fourth-order valence-electron chi connectivity index (χ4n) is 4.95. The van der Waals surface area contributed by atoms with Gasteiger partial charge in [0.05, 0.1) is 11.9 Å². The van der Waals surface area contributed by atoms with Crippen molar-refractivity contribution in [2.24, 2.45) is 11.7 Å². The van der Waals surface area contributed by atoms with Crippen LogP contribution in [0.3, 0.4) is 0 Å². The lowest BCUT2D eigenvalue weighted by Gasteiger charge is -2.43. The molecule has 0 spiro atoms. The zero-order valence-electron chi connectivity index (χ0n) is 19.3. The fraction of sp³-hybridized carbons (Fsp3) is 0.400. The summed E-state index contributed by atoms with van der Waals surface area (Å²) in [5.41, 5.74) is 13.2. The van der Waals surface area contributed by atoms with Gasteiger partial charge in [-0.15, -0.1) is 0 Å². The van der Waals surface area contributed by atoms with Gasteiger partial charge >= 0.3 is 0 Å². The Morgan fingerprint density at radius 3 is 2.59 bits per heavy atom. The molecule has 1 aromatic carbocycles. The van der Waals surface area contributed by atoms with Crippen LogP contribution in [0, 0.1) is 5.92 Å². The molecule has 2 aliphatic rings. The topological polar surface area (TPSA) is 107 Å². The number of nitrogen functional groups attached to an aromatic ring is 1. The minimum Gasteiger partial charge on any atom is -0.467 e. The highest BCUT2D eigenvalue weighted by Gasteiger charge is 2.43. The molecular weight excluding hydrogens is 473 g/mol. The van der Waals surface area contributed by atoms with Gasteiger partial charge in [-0.2, -0.15) is 0 Å². The van der Waals surface area contributed by atoms with Crippen molar-refractivity contribution in [1.82, 2.24) is 14.9 Å². The molecule has 1 fully saturated rings. The van der Waals surface area contributed by atoms with Gasteiger partial charge in [-0.25, -0.2) is 9.97 Å². The summed E-state index contributed by atoms with van der Waals surface area (Å²) in [7, 11) is 2.12. The molecule has 2 aromatic rings. The number of rotatable bonds is 6. The lowest BCUT2D eigenvalue weighted by molar-refractivity contribution is -0.114. The second-order valence-corrected chi connectivity index (χ2v) is 9.87. The number of primary amides is 1. The van der Waals surface area contributed by atoms with Gasteiger partial charge in [-0.3, -0.25) is 4.79 Å². The molecule has 4 N–H and O–H groups in total. The molecule has 0 bridgehead atoms. The van der Waals surface area contributed by atoms with E-state index in [1.807, 2.05) is 13.0 Å². The van der Waals surface area contributed by atoms with Crippen molar-refractivity contribution in [2.45, 2.75) is 37.7 Å². The molecule has 34 heavy (non-hydrogen) atoms. The van der Waals surface area contributed by atoms with Crippen LogP contribution in [0.15, 0.2) is 48.2 Å². The van der Waals surface area contributed by atoms with E-state index in [1.165, 1.54) is 0 Å². The molecule has 0 saturated carbocycles. The molecule has 0 radical (unpaired) electrons. The molecule has 1 amide bonds. The van der Waals surface area contributed by atoms with Crippen molar-refractivity contribution in [3.63, 3.8) is 0 Å². The smallest absolute Gasteiger partial charge is 0.258 e. The molecular formula is C25H29Cl2N5O2. The Morgan fingerprint density at radius 1 is 1.26 bits per heavy atom. The van der Waals surface area contributed by atoms with E-state index in [4.69, 9.17) is 44.4 Å². The van der Waals surface area contributed by atoms with E-state index < -0.39 is 17.4 Å². The maximum Gasteiger partial charge on any atom is 0.258 e. The number of ether oxygens (including phenoxy) is 1. The van der Waals surface area contributed by atoms with Crippen LogP contribution in [0.5, 0.6) is 5.88 Å². The third kappa shape index (κ3) is 4.78. The minimum absolute atomic E-state index is 0.169. The van der Waals surface area contributed by atoms with Crippen LogP contribution >= 0.6 is 23.2 Å². The number of hydrogen-bond acceptors (Lipinski definition) is 6. The number of aromatic nitrogens is 2. The first-order valence-corrected chi connectivity index (χ1v) is 12.1. The summed E-state index contributed by atoms with van der Waals surface area (Å²) < 4.78 is 6.14. The molecule has 1 aromatic heterocycles. The summed E-state index contributed by atoms with van der Waals surface area (Å²) in [6.07, 6.45) is 9.34. The largest absolute Gasteiger partial charge is 0.467 e. The molecule has 7 nitrogen and oxygen atoms in total. The first-order chi connectivity index (χ1) is 16.2. The number of carbonyl (C=O) groups is 1. The maximum atomic E-state index is 12.1. The summed E-state index contributed by atoms with van der Waals surface area (Å²) in [6, 6.07) is 5.29. The Morgan fingerprint density at radius 2 is 1.94 bits per heavy atom. The van der Waals surface area contributed by atoms with Gasteiger partial charge < -0.3 is 21.1 Å². The van der Waals surface area contributed by atoms with Crippen molar-refractivity contribution in [3.8, 4) is 5.88 Å². The van der Waals surface area contributed by atoms with Crippen LogP contribution in [0.4, 0.5) is 5.82 Å². The van der Waals surface area contributed by atoms with Crippen molar-refractivity contribution in [1.29, 1.82) is 0 Å². The Labute approximate surface area is 209 Å². The van der Waals surface area contributed by atoms with Crippen LogP contribution in [-0.4, -0.2) is 40.9 Å². The van der Waals surface area contributed by atoms with E-state index in [0.717, 1.165) is 25.9 Å². The molecule has 2 heterocycles. The van der Waals surface area contributed by atoms with E-state index in [2.05, 4.69) is 23.0 Å². The maximum absolute atomic E-state index is 12.1. The first-order valence-electron chi connectivity index (χ1n) is 11.3. The zero-order chi connectivity index (χ0) is 24.5. The minimum atomic E-state index is -0.537. The van der Waals surface area contributed by atoms with Crippen molar-refractivity contribution >= 4 is 34.9 Å². The predicted octanol–water partition coefficient (Wildman–Crippen LogP) is 4.46. The number of anilines is 1. The number of hydrogen-bond donors (Lipinski definition) is 2. The van der Waals surface area contributed by atoms with E-state index >= 15 is 0 Å². The average molecular weight is 502 g/mol. The van der Waals surface area contributed by atoms with Crippen molar-refractivity contribution in [2.75, 3.05) is 25.9 Å². The number of benzene rings is 1. The van der Waals surface area contributed by atoms with E-state index in [9.17, 15) is 4.79 Å². The van der Waals surface area contributed by atoms with Gasteiger partial charge in [0.25, 0.3) is 5.88 Å². The molecule has 9 heteroatoms. The number of amides is 1. The standard InChI is InChI=1S/C25H29Cl2N5O2/c1-15(21-18(26)6-3-7-19(21)27)34-24-22(28)30-14-20(31-24)25(17-8-11-32(2)12-9-17)10-4-5-16(13-25)23(29)33/h3-7,10,14-15,17H,8-9,11-13H2,1-2H3,(H2,28,30)(H2,29,33). The zero-order valence-corrected chi connectivity index (χ0v) is 20.8. The van der Waals surface area contributed by atoms with Crippen LogP contribution < -0.4 is 16.2 Å². The Hall–Kier alpha value is -2.61. The SMILES string of the molecule is CC(Oc1nc(C2(C3CCN(C)CC3)C=CC=C(C(N)=O)C2)cnc1N)c1c(Cl)cccc1Cl. The van der Waals surface area contributed by atoms with E-state index in [0.29, 0.717) is 33.3 Å². The number of nitrogens with two attached hydrogens (primary N) is 2. The molecule has 1 aliphatic heterocycles. The first kappa shape index (κ1) is 24.5. The summed E-state index contributed by atoms with van der Waals surface area (Å²) in [5, 5.41) is 0.994. The normalized spacial score (nSPS) is 22.3. The van der Waals surface area contributed by atoms with Gasteiger partial charge in [0.15, 0.2) is 5.82 Å². The highest BCUT2D eigenvalue weighted by molar-refractivity contribution is 6.36. The monoisotopic (exact) mass is 501 g/mol. The number of allylic oxidation sites excluding steroid dienone is 3. The summed E-state index contributed by atoms with van der Waals surface area (Å²) in [4.78, 5) is 23.7. The molecule has 4 rings (SSSR count). The molecule has 2 atom stereocenters. The number of carbonyl (C=O) groups excluding carboxylic acids is 1. The average Bonchev–Trinajstić information content (AvgIpc) is 2.81. The van der Waals surface area contributed by atoms with Crippen molar-refractivity contribution < 1.29 is 9.53 Å². The fourth-order valence-corrected chi connectivity index (χ4v) is 5.65. The van der Waals surface area contributed by atoms with E-state index in [-0.39, 0.29) is 17.6 Å². The van der Waals surface area contributed by atoms with Gasteiger partial charge in [-0.05, 0) is 64.4 Å². The van der Waals surface area contributed by atoms with Crippen LogP contribution in [0.1, 0.15) is 43.5 Å². The number of likely N-dealkylation sites (tertiary alicyclic amines) is 1. The van der Waals surface area contributed by atoms with Crippen LogP contribution in [0.2, 0.25) is 10.0 Å². The molecule has 1 aliphatic carbocycles. The third-order valence-electron chi connectivity index (χ3n) is 6.88. The lowest BCUT2D eigenvalue weighted by atomic mass is 9.64. The molecule has 1 saturated heterocycles. The second-order valence-electron chi connectivity index (χ2n) is 9.05. The predicted molar refractivity (Wildman–Crippen MR) is 135 cm³/mol. The number of nitrogens with zero attached hydrogens (tertiary/aromatic N) is 3. The van der Waals surface area contributed by atoms with E-state index in [1.54, 1.807) is 30.5 Å². The lowest BCUT2D eigenvalue weighted by Crippen LogP contribution is -2.43. The highest BCUT2D eigenvalue weighted by Crippen LogP contribution is 2.46. The van der Waals surface area contributed by atoms with Gasteiger partial charge in [0.1, 0.15) is 6.10 Å². The molecule has 180 valence electrons. The highest BCUT2D eigenvalue weighted by atomic mass is 35.5. The Kier molecular flexibility index (Phi) is 7.17.